The van der Waals surface area contributed by atoms with Crippen LogP contribution in [0.1, 0.15) is 29.7 Å². The van der Waals surface area contributed by atoms with E-state index in [-0.39, 0.29) is 18.4 Å². The Hall–Kier alpha value is -1.64. The number of rotatable bonds is 3. The van der Waals surface area contributed by atoms with Crippen LogP contribution in [0.3, 0.4) is 0 Å². The molecule has 0 unspecified atom stereocenters. The van der Waals surface area contributed by atoms with E-state index in [4.69, 9.17) is 5.11 Å². The van der Waals surface area contributed by atoms with Gasteiger partial charge in [-0.25, -0.2) is 0 Å². The zero-order valence-electron chi connectivity index (χ0n) is 9.81. The molecule has 1 aromatic heterocycles. The summed E-state index contributed by atoms with van der Waals surface area (Å²) < 4.78 is 0. The minimum atomic E-state index is -0.0960. The monoisotopic (exact) mass is 263 g/mol. The van der Waals surface area contributed by atoms with E-state index in [0.29, 0.717) is 25.8 Å². The number of hydrogen-bond donors (Lipinski definition) is 1. The molecule has 1 N–H and O–H groups in total. The van der Waals surface area contributed by atoms with Gasteiger partial charge < -0.3 is 5.11 Å². The molecule has 2 amide bonds. The van der Waals surface area contributed by atoms with Crippen LogP contribution in [0, 0.1) is 11.8 Å². The van der Waals surface area contributed by atoms with Gasteiger partial charge in [0.25, 0.3) is 0 Å². The number of carbonyl (C=O) groups excluding carboxylic acids is 2. The maximum Gasteiger partial charge on any atom is 0.230 e. The summed E-state index contributed by atoms with van der Waals surface area (Å²) in [5.41, 5.74) is 0.863. The Balaban J connectivity index is 2.01. The van der Waals surface area contributed by atoms with Gasteiger partial charge in [-0.15, -0.1) is 11.3 Å². The Labute approximate surface area is 109 Å². The number of carbonyl (C=O) groups is 2. The van der Waals surface area contributed by atoms with Crippen LogP contribution in [0.4, 0.5) is 0 Å². The normalized spacial score (nSPS) is 14.8. The number of imide groups is 1. The van der Waals surface area contributed by atoms with E-state index in [1.54, 1.807) is 0 Å². The van der Waals surface area contributed by atoms with Gasteiger partial charge in [-0.3, -0.25) is 14.5 Å². The molecule has 18 heavy (non-hydrogen) atoms. The van der Waals surface area contributed by atoms with Crippen molar-refractivity contribution in [3.05, 3.63) is 21.9 Å². The van der Waals surface area contributed by atoms with Crippen LogP contribution < -0.4 is 0 Å². The fourth-order valence-corrected chi connectivity index (χ4v) is 2.51. The largest absolute Gasteiger partial charge is 0.395 e. The number of thiophene rings is 1. The molecule has 0 radical (unpaired) electrons. The molecule has 1 saturated heterocycles. The van der Waals surface area contributed by atoms with Crippen molar-refractivity contribution in [3.63, 3.8) is 0 Å². The summed E-state index contributed by atoms with van der Waals surface area (Å²) in [6.07, 6.45) is 1.11. The second-order valence-corrected chi connectivity index (χ2v) is 4.95. The van der Waals surface area contributed by atoms with Gasteiger partial charge in [0.2, 0.25) is 11.8 Å². The first-order valence-corrected chi connectivity index (χ1v) is 6.59. The predicted octanol–water partition coefficient (Wildman–Crippen LogP) is 1.13. The lowest BCUT2D eigenvalue weighted by molar-refractivity contribution is -0.138. The summed E-state index contributed by atoms with van der Waals surface area (Å²) >= 11 is 1.49. The number of aliphatic hydroxyl groups is 1. The molecule has 0 aliphatic carbocycles. The van der Waals surface area contributed by atoms with Crippen LogP contribution in [0.5, 0.6) is 0 Å². The first-order chi connectivity index (χ1) is 8.70. The Morgan fingerprint density at radius 1 is 1.33 bits per heavy atom. The molecule has 0 bridgehead atoms. The summed E-state index contributed by atoms with van der Waals surface area (Å²) in [6, 6.07) is 1.88. The minimum absolute atomic E-state index is 0.0563. The highest BCUT2D eigenvalue weighted by atomic mass is 32.1. The van der Waals surface area contributed by atoms with Crippen molar-refractivity contribution in [2.75, 3.05) is 6.61 Å². The van der Waals surface area contributed by atoms with Crippen LogP contribution >= 0.6 is 11.3 Å². The standard InChI is InChI=1S/C13H13NO3S/c15-6-2-1-3-10-7-11(18-9-10)8-14-12(16)4-5-13(14)17/h7,9,15H,2,4-6,8H2. The van der Waals surface area contributed by atoms with Gasteiger partial charge in [0, 0.05) is 35.1 Å². The molecule has 94 valence electrons. The van der Waals surface area contributed by atoms with Gasteiger partial charge in [-0.1, -0.05) is 11.8 Å². The van der Waals surface area contributed by atoms with Crippen molar-refractivity contribution in [1.29, 1.82) is 0 Å². The van der Waals surface area contributed by atoms with Gasteiger partial charge in [0.15, 0.2) is 0 Å². The molecule has 0 saturated carbocycles. The number of likely N-dealkylation sites (tertiary alicyclic amines) is 1. The molecular formula is C13H13NO3S. The molecular weight excluding hydrogens is 250 g/mol. The second-order valence-electron chi connectivity index (χ2n) is 3.95. The van der Waals surface area contributed by atoms with Crippen molar-refractivity contribution in [2.24, 2.45) is 0 Å². The van der Waals surface area contributed by atoms with E-state index in [1.165, 1.54) is 16.2 Å². The SMILES string of the molecule is O=C1CCC(=O)N1Cc1cc(C#CCCO)cs1. The average molecular weight is 263 g/mol. The Morgan fingerprint density at radius 3 is 2.72 bits per heavy atom. The number of hydrogen-bond acceptors (Lipinski definition) is 4. The van der Waals surface area contributed by atoms with Crippen LogP contribution in [-0.4, -0.2) is 28.4 Å². The Bertz CT molecular complexity index is 508. The first-order valence-electron chi connectivity index (χ1n) is 5.71. The molecule has 2 rings (SSSR count). The highest BCUT2D eigenvalue weighted by Crippen LogP contribution is 2.20. The van der Waals surface area contributed by atoms with E-state index < -0.39 is 0 Å². The van der Waals surface area contributed by atoms with Gasteiger partial charge in [-0.05, 0) is 6.07 Å². The van der Waals surface area contributed by atoms with E-state index in [9.17, 15) is 9.59 Å². The second kappa shape index (κ2) is 5.80. The van der Waals surface area contributed by atoms with Crippen molar-refractivity contribution in [3.8, 4) is 11.8 Å². The predicted molar refractivity (Wildman–Crippen MR) is 67.7 cm³/mol. The molecule has 0 spiro atoms. The van der Waals surface area contributed by atoms with Crippen molar-refractivity contribution in [2.45, 2.75) is 25.8 Å². The average Bonchev–Trinajstić information content (AvgIpc) is 2.92. The number of nitrogens with zero attached hydrogens (tertiary/aromatic N) is 1. The van der Waals surface area contributed by atoms with Crippen molar-refractivity contribution >= 4 is 23.2 Å². The van der Waals surface area contributed by atoms with Gasteiger partial charge in [0.1, 0.15) is 0 Å². The molecule has 0 aromatic carbocycles. The maximum absolute atomic E-state index is 11.5. The lowest BCUT2D eigenvalue weighted by Crippen LogP contribution is -2.27. The Kier molecular flexibility index (Phi) is 4.13. The smallest absolute Gasteiger partial charge is 0.230 e. The maximum atomic E-state index is 11.5. The van der Waals surface area contributed by atoms with E-state index in [0.717, 1.165) is 10.4 Å². The Morgan fingerprint density at radius 2 is 2.06 bits per heavy atom. The fraction of sp³-hybridized carbons (Fsp3) is 0.385. The van der Waals surface area contributed by atoms with E-state index in [1.807, 2.05) is 11.4 Å². The zero-order valence-corrected chi connectivity index (χ0v) is 10.6. The molecule has 1 aliphatic rings. The van der Waals surface area contributed by atoms with Crippen LogP contribution in [0.2, 0.25) is 0 Å². The lowest BCUT2D eigenvalue weighted by atomic mass is 10.3. The van der Waals surface area contributed by atoms with Gasteiger partial charge >= 0.3 is 0 Å². The number of aliphatic hydroxyl groups excluding tert-OH is 1. The van der Waals surface area contributed by atoms with E-state index >= 15 is 0 Å². The molecule has 1 aromatic rings. The third-order valence-electron chi connectivity index (χ3n) is 2.59. The third-order valence-corrected chi connectivity index (χ3v) is 3.51. The lowest BCUT2D eigenvalue weighted by Gasteiger charge is -2.11. The molecule has 1 fully saturated rings. The van der Waals surface area contributed by atoms with Gasteiger partial charge in [-0.2, -0.15) is 0 Å². The molecule has 5 heteroatoms. The fourth-order valence-electron chi connectivity index (χ4n) is 1.70. The molecule has 4 nitrogen and oxygen atoms in total. The molecule has 0 atom stereocenters. The quantitative estimate of drug-likeness (QED) is 0.657. The van der Waals surface area contributed by atoms with Crippen LogP contribution in [-0.2, 0) is 16.1 Å². The molecule has 1 aliphatic heterocycles. The summed E-state index contributed by atoms with van der Waals surface area (Å²) in [7, 11) is 0. The zero-order chi connectivity index (χ0) is 13.0. The van der Waals surface area contributed by atoms with Gasteiger partial charge in [0.05, 0.1) is 13.2 Å². The number of amides is 2. The van der Waals surface area contributed by atoms with Crippen LogP contribution in [0.15, 0.2) is 11.4 Å². The summed E-state index contributed by atoms with van der Waals surface area (Å²) in [6.45, 7) is 0.408. The first kappa shape index (κ1) is 12.8. The third kappa shape index (κ3) is 2.97. The highest BCUT2D eigenvalue weighted by Gasteiger charge is 2.28. The highest BCUT2D eigenvalue weighted by molar-refractivity contribution is 7.10. The minimum Gasteiger partial charge on any atom is -0.395 e. The van der Waals surface area contributed by atoms with Crippen LogP contribution in [0.25, 0.3) is 0 Å². The summed E-state index contributed by atoms with van der Waals surface area (Å²) in [5, 5.41) is 10.5. The van der Waals surface area contributed by atoms with E-state index in [2.05, 4.69) is 11.8 Å². The summed E-state index contributed by atoms with van der Waals surface area (Å²) in [4.78, 5) is 25.2. The molecule has 2 heterocycles. The summed E-state index contributed by atoms with van der Waals surface area (Å²) in [5.74, 6) is 5.57. The topological polar surface area (TPSA) is 57.6 Å². The van der Waals surface area contributed by atoms with Crippen molar-refractivity contribution in [1.82, 2.24) is 4.90 Å². The van der Waals surface area contributed by atoms with Crippen molar-refractivity contribution < 1.29 is 14.7 Å².